The smallest absolute Gasteiger partial charge is 0.387 e. The number of nitrogens with zero attached hydrogens (tertiary/aromatic N) is 1. The zero-order chi connectivity index (χ0) is 20.1. The fraction of sp³-hybridized carbons (Fsp3) is 0.364. The largest absolute Gasteiger partial charge is 0.434 e. The molecule has 2 heterocycles. The molecular weight excluding hydrogens is 394 g/mol. The molecule has 0 unspecified atom stereocenters. The summed E-state index contributed by atoms with van der Waals surface area (Å²) in [6.45, 7) is 1.57. The molecule has 29 heavy (non-hydrogen) atoms. The van der Waals surface area contributed by atoms with E-state index in [2.05, 4.69) is 27.7 Å². The maximum Gasteiger partial charge on any atom is 0.387 e. The van der Waals surface area contributed by atoms with E-state index < -0.39 is 6.61 Å². The highest BCUT2D eigenvalue weighted by atomic mass is 32.1. The van der Waals surface area contributed by atoms with Crippen LogP contribution in [0.3, 0.4) is 0 Å². The number of thiophene rings is 1. The topological polar surface area (TPSA) is 33.7 Å². The minimum atomic E-state index is -2.85. The van der Waals surface area contributed by atoms with E-state index in [0.29, 0.717) is 6.54 Å². The lowest BCUT2D eigenvalue weighted by atomic mass is 10.0. The standard InChI is InChI=1S/C22H24F2N2O2S/c23-22(24)28-20-8-7-16-4-1-2-5-17(16)18(20)14-25-15-19(21-6-3-13-29-21)26-9-11-27-12-10-26/h1-8,13,19,22,25H,9-12,14-15H2/t19-/m0/s1. The van der Waals surface area contributed by atoms with Crippen molar-refractivity contribution < 1.29 is 18.3 Å². The summed E-state index contributed by atoms with van der Waals surface area (Å²) in [6.07, 6.45) is 0. The molecule has 7 heteroatoms. The normalized spacial score (nSPS) is 16.4. The fourth-order valence-electron chi connectivity index (χ4n) is 3.82. The van der Waals surface area contributed by atoms with Gasteiger partial charge < -0.3 is 14.8 Å². The van der Waals surface area contributed by atoms with E-state index in [-0.39, 0.29) is 11.8 Å². The number of hydrogen-bond acceptors (Lipinski definition) is 5. The van der Waals surface area contributed by atoms with Gasteiger partial charge in [0.25, 0.3) is 0 Å². The van der Waals surface area contributed by atoms with Gasteiger partial charge in [-0.25, -0.2) is 0 Å². The maximum absolute atomic E-state index is 12.9. The second kappa shape index (κ2) is 9.63. The Hall–Kier alpha value is -2.06. The molecule has 2 aromatic carbocycles. The molecule has 4 nitrogen and oxygen atoms in total. The van der Waals surface area contributed by atoms with Gasteiger partial charge in [-0.3, -0.25) is 4.90 Å². The third-order valence-electron chi connectivity index (χ3n) is 5.21. The molecule has 0 amide bonds. The van der Waals surface area contributed by atoms with Crippen LogP contribution in [0.5, 0.6) is 5.75 Å². The van der Waals surface area contributed by atoms with Gasteiger partial charge in [0, 0.05) is 36.6 Å². The van der Waals surface area contributed by atoms with Gasteiger partial charge in [0.15, 0.2) is 0 Å². The molecule has 0 radical (unpaired) electrons. The third-order valence-corrected chi connectivity index (χ3v) is 6.18. The molecule has 1 aliphatic heterocycles. The first-order valence-corrected chi connectivity index (χ1v) is 10.6. The van der Waals surface area contributed by atoms with Crippen molar-refractivity contribution in [3.05, 3.63) is 64.4 Å². The summed E-state index contributed by atoms with van der Waals surface area (Å²) < 4.78 is 36.1. The molecule has 0 bridgehead atoms. The van der Waals surface area contributed by atoms with Gasteiger partial charge in [-0.05, 0) is 28.3 Å². The molecule has 1 aliphatic rings. The molecule has 0 aliphatic carbocycles. The van der Waals surface area contributed by atoms with Crippen LogP contribution in [-0.4, -0.2) is 44.4 Å². The summed E-state index contributed by atoms with van der Waals surface area (Å²) in [6, 6.07) is 15.7. The van der Waals surface area contributed by atoms with Gasteiger partial charge in [-0.2, -0.15) is 8.78 Å². The Labute approximate surface area is 173 Å². The lowest BCUT2D eigenvalue weighted by Crippen LogP contribution is -2.42. The third kappa shape index (κ3) is 4.93. The average Bonchev–Trinajstić information content (AvgIpc) is 3.27. The first-order valence-electron chi connectivity index (χ1n) is 9.74. The van der Waals surface area contributed by atoms with E-state index in [1.54, 1.807) is 17.4 Å². The lowest BCUT2D eigenvalue weighted by Gasteiger charge is -2.34. The molecule has 154 valence electrons. The minimum absolute atomic E-state index is 0.227. The average molecular weight is 419 g/mol. The van der Waals surface area contributed by atoms with E-state index >= 15 is 0 Å². The number of ether oxygens (including phenoxy) is 2. The molecule has 1 fully saturated rings. The monoisotopic (exact) mass is 418 g/mol. The number of nitrogens with one attached hydrogen (secondary N) is 1. The van der Waals surface area contributed by atoms with Crippen LogP contribution in [0.1, 0.15) is 16.5 Å². The van der Waals surface area contributed by atoms with E-state index in [4.69, 9.17) is 9.47 Å². The lowest BCUT2D eigenvalue weighted by molar-refractivity contribution is -0.0503. The zero-order valence-electron chi connectivity index (χ0n) is 16.0. The van der Waals surface area contributed by atoms with Crippen LogP contribution in [-0.2, 0) is 11.3 Å². The van der Waals surface area contributed by atoms with E-state index in [1.807, 2.05) is 30.3 Å². The summed E-state index contributed by atoms with van der Waals surface area (Å²) in [5, 5.41) is 7.51. The number of halogens is 2. The van der Waals surface area contributed by atoms with Gasteiger partial charge in [0.05, 0.1) is 19.3 Å². The molecule has 0 saturated carbocycles. The van der Waals surface area contributed by atoms with Crippen molar-refractivity contribution in [2.45, 2.75) is 19.2 Å². The van der Waals surface area contributed by atoms with E-state index in [9.17, 15) is 8.78 Å². The van der Waals surface area contributed by atoms with E-state index in [0.717, 1.165) is 49.2 Å². The van der Waals surface area contributed by atoms with Crippen molar-refractivity contribution in [2.24, 2.45) is 0 Å². The Bertz CT molecular complexity index is 914. The van der Waals surface area contributed by atoms with Crippen LogP contribution in [0.4, 0.5) is 8.78 Å². The molecule has 1 N–H and O–H groups in total. The van der Waals surface area contributed by atoms with Gasteiger partial charge >= 0.3 is 6.61 Å². The molecular formula is C22H24F2N2O2S. The highest BCUT2D eigenvalue weighted by Crippen LogP contribution is 2.30. The summed E-state index contributed by atoms with van der Waals surface area (Å²) in [5.41, 5.74) is 0.760. The quantitative estimate of drug-likeness (QED) is 0.577. The molecule has 4 rings (SSSR count). The van der Waals surface area contributed by atoms with Crippen LogP contribution in [0.25, 0.3) is 10.8 Å². The SMILES string of the molecule is FC(F)Oc1ccc2ccccc2c1CNC[C@@H](c1cccs1)N1CCOCC1. The van der Waals surface area contributed by atoms with Gasteiger partial charge in [-0.15, -0.1) is 11.3 Å². The first-order chi connectivity index (χ1) is 14.2. The minimum Gasteiger partial charge on any atom is -0.434 e. The predicted octanol–water partition coefficient (Wildman–Crippen LogP) is 4.67. The molecule has 3 aromatic rings. The van der Waals surface area contributed by atoms with Crippen molar-refractivity contribution in [3.8, 4) is 5.75 Å². The number of morpholine rings is 1. The Balaban J connectivity index is 1.53. The molecule has 1 saturated heterocycles. The molecule has 0 spiro atoms. The highest BCUT2D eigenvalue weighted by Gasteiger charge is 2.23. The number of rotatable bonds is 8. The van der Waals surface area contributed by atoms with Gasteiger partial charge in [0.1, 0.15) is 5.75 Å². The van der Waals surface area contributed by atoms with Crippen LogP contribution < -0.4 is 10.1 Å². The summed E-state index contributed by atoms with van der Waals surface area (Å²) in [5.74, 6) is 0.227. The second-order valence-electron chi connectivity index (χ2n) is 6.95. The molecule has 1 atom stereocenters. The zero-order valence-corrected chi connectivity index (χ0v) is 16.8. The number of hydrogen-bond donors (Lipinski definition) is 1. The first kappa shape index (κ1) is 20.2. The summed E-state index contributed by atoms with van der Waals surface area (Å²) in [7, 11) is 0. The number of alkyl halides is 2. The summed E-state index contributed by atoms with van der Waals surface area (Å²) >= 11 is 1.74. The van der Waals surface area contributed by atoms with Crippen molar-refractivity contribution in [3.63, 3.8) is 0 Å². The number of benzene rings is 2. The molecule has 1 aromatic heterocycles. The van der Waals surface area contributed by atoms with Crippen LogP contribution in [0.2, 0.25) is 0 Å². The highest BCUT2D eigenvalue weighted by molar-refractivity contribution is 7.10. The van der Waals surface area contributed by atoms with Gasteiger partial charge in [-0.1, -0.05) is 36.4 Å². The fourth-order valence-corrected chi connectivity index (χ4v) is 4.68. The maximum atomic E-state index is 12.9. The van der Waals surface area contributed by atoms with Crippen LogP contribution in [0.15, 0.2) is 53.9 Å². The van der Waals surface area contributed by atoms with Crippen LogP contribution in [0, 0.1) is 0 Å². The number of fused-ring (bicyclic) bond motifs is 1. The second-order valence-corrected chi connectivity index (χ2v) is 7.93. The Morgan fingerprint density at radius 2 is 1.90 bits per heavy atom. The Morgan fingerprint density at radius 3 is 2.66 bits per heavy atom. The van der Waals surface area contributed by atoms with Crippen molar-refractivity contribution in [2.75, 3.05) is 32.8 Å². The van der Waals surface area contributed by atoms with Gasteiger partial charge in [0.2, 0.25) is 0 Å². The van der Waals surface area contributed by atoms with Crippen LogP contribution >= 0.6 is 11.3 Å². The van der Waals surface area contributed by atoms with Crippen molar-refractivity contribution >= 4 is 22.1 Å². The summed E-state index contributed by atoms with van der Waals surface area (Å²) in [4.78, 5) is 3.71. The van der Waals surface area contributed by atoms with E-state index in [1.165, 1.54) is 4.88 Å². The Morgan fingerprint density at radius 1 is 1.07 bits per heavy atom. The van der Waals surface area contributed by atoms with Crippen molar-refractivity contribution in [1.82, 2.24) is 10.2 Å². The van der Waals surface area contributed by atoms with Crippen molar-refractivity contribution in [1.29, 1.82) is 0 Å². The Kier molecular flexibility index (Phi) is 6.71. The predicted molar refractivity (Wildman–Crippen MR) is 112 cm³/mol.